The average Bonchev–Trinajstić information content (AvgIpc) is 3.11. The Kier molecular flexibility index (Phi) is 5.46. The van der Waals surface area contributed by atoms with E-state index in [9.17, 15) is 13.2 Å². The summed E-state index contributed by atoms with van der Waals surface area (Å²) in [5.74, 6) is 0.0135. The fraction of sp³-hybridized carbons (Fsp3) is 0.333. The van der Waals surface area contributed by atoms with Crippen LogP contribution in [0.25, 0.3) is 11.0 Å². The maximum atomic E-state index is 12.8. The number of amides is 1. The number of carbonyl (C=O) groups is 1. The number of anilines is 2. The third-order valence-corrected chi connectivity index (χ3v) is 7.44. The minimum Gasteiger partial charge on any atom is -0.341 e. The van der Waals surface area contributed by atoms with Gasteiger partial charge in [-0.05, 0) is 68.7 Å². The van der Waals surface area contributed by atoms with Crippen LogP contribution in [0, 0.1) is 6.92 Å². The topological polar surface area (TPSA) is 95.2 Å². The molecule has 0 radical (unpaired) electrons. The second-order valence-corrected chi connectivity index (χ2v) is 10.0. The first kappa shape index (κ1) is 20.7. The molecule has 1 unspecified atom stereocenters. The van der Waals surface area contributed by atoms with Crippen LogP contribution in [0.5, 0.6) is 0 Å². The number of aromatic amines is 1. The molecule has 30 heavy (non-hydrogen) atoms. The van der Waals surface area contributed by atoms with E-state index in [0.29, 0.717) is 40.7 Å². The van der Waals surface area contributed by atoms with Crippen molar-refractivity contribution in [1.29, 1.82) is 0 Å². The standard InChI is InChI=1S/C21H23ClN4O3S/c1-13-11-16(6-8-19(13)26-9-3-4-10-30(26,28)29)23-21(27)14(2)20-24-17-7-5-15(22)12-18(17)25-20/h5-8,11-12,14H,3-4,9-10H2,1-2H3,(H,23,27)(H,24,25). The zero-order valence-corrected chi connectivity index (χ0v) is 18.3. The van der Waals surface area contributed by atoms with Gasteiger partial charge < -0.3 is 10.3 Å². The summed E-state index contributed by atoms with van der Waals surface area (Å²) in [5.41, 5.74) is 3.60. The Hall–Kier alpha value is -2.58. The number of aryl methyl sites for hydroxylation is 1. The molecule has 1 saturated heterocycles. The summed E-state index contributed by atoms with van der Waals surface area (Å²) in [5, 5.41) is 3.48. The smallest absolute Gasteiger partial charge is 0.235 e. The van der Waals surface area contributed by atoms with Gasteiger partial charge in [-0.25, -0.2) is 13.4 Å². The van der Waals surface area contributed by atoms with Crippen LogP contribution in [-0.2, 0) is 14.8 Å². The minimum absolute atomic E-state index is 0.172. The predicted molar refractivity (Wildman–Crippen MR) is 120 cm³/mol. The van der Waals surface area contributed by atoms with Gasteiger partial charge in [0.2, 0.25) is 15.9 Å². The number of nitrogens with one attached hydrogen (secondary N) is 2. The number of hydrogen-bond donors (Lipinski definition) is 2. The zero-order chi connectivity index (χ0) is 21.5. The van der Waals surface area contributed by atoms with Gasteiger partial charge in [-0.3, -0.25) is 9.10 Å². The molecule has 0 spiro atoms. The van der Waals surface area contributed by atoms with Crippen LogP contribution in [0.15, 0.2) is 36.4 Å². The summed E-state index contributed by atoms with van der Waals surface area (Å²) in [7, 11) is -3.28. The third kappa shape index (κ3) is 4.02. The molecule has 7 nitrogen and oxygen atoms in total. The molecule has 2 aromatic carbocycles. The van der Waals surface area contributed by atoms with E-state index < -0.39 is 15.9 Å². The molecule has 9 heteroatoms. The fourth-order valence-corrected chi connectivity index (χ4v) is 5.52. The molecule has 0 saturated carbocycles. The number of H-pyrrole nitrogens is 1. The number of rotatable bonds is 4. The number of aromatic nitrogens is 2. The van der Waals surface area contributed by atoms with E-state index in [2.05, 4.69) is 15.3 Å². The van der Waals surface area contributed by atoms with Gasteiger partial charge in [0, 0.05) is 17.3 Å². The van der Waals surface area contributed by atoms with Crippen molar-refractivity contribution >= 4 is 49.9 Å². The minimum atomic E-state index is -3.28. The van der Waals surface area contributed by atoms with Gasteiger partial charge in [0.15, 0.2) is 0 Å². The summed E-state index contributed by atoms with van der Waals surface area (Å²) in [6.07, 6.45) is 1.54. The van der Waals surface area contributed by atoms with Gasteiger partial charge in [0.25, 0.3) is 0 Å². The van der Waals surface area contributed by atoms with Crippen molar-refractivity contribution in [2.24, 2.45) is 0 Å². The van der Waals surface area contributed by atoms with E-state index in [1.54, 1.807) is 37.3 Å². The highest BCUT2D eigenvalue weighted by Crippen LogP contribution is 2.29. The van der Waals surface area contributed by atoms with E-state index in [-0.39, 0.29) is 11.7 Å². The molecule has 0 aliphatic carbocycles. The monoisotopic (exact) mass is 446 g/mol. The Morgan fingerprint density at radius 3 is 2.77 bits per heavy atom. The highest BCUT2D eigenvalue weighted by Gasteiger charge is 2.27. The van der Waals surface area contributed by atoms with Crippen molar-refractivity contribution in [3.05, 3.63) is 52.8 Å². The summed E-state index contributed by atoms with van der Waals surface area (Å²) in [6.45, 7) is 4.11. The molecule has 0 bridgehead atoms. The van der Waals surface area contributed by atoms with Gasteiger partial charge in [0.05, 0.1) is 28.4 Å². The second kappa shape index (κ2) is 7.92. The van der Waals surface area contributed by atoms with E-state index in [1.165, 1.54) is 4.31 Å². The average molecular weight is 447 g/mol. The first-order chi connectivity index (χ1) is 14.2. The highest BCUT2D eigenvalue weighted by atomic mass is 35.5. The Labute approximate surface area is 180 Å². The second-order valence-electron chi connectivity index (χ2n) is 7.59. The van der Waals surface area contributed by atoms with Crippen molar-refractivity contribution in [3.8, 4) is 0 Å². The van der Waals surface area contributed by atoms with Crippen LogP contribution in [-0.4, -0.2) is 36.6 Å². The van der Waals surface area contributed by atoms with Crippen LogP contribution in [0.2, 0.25) is 5.02 Å². The maximum absolute atomic E-state index is 12.8. The van der Waals surface area contributed by atoms with Crippen molar-refractivity contribution < 1.29 is 13.2 Å². The van der Waals surface area contributed by atoms with E-state index in [4.69, 9.17) is 11.6 Å². The molecule has 158 valence electrons. The maximum Gasteiger partial charge on any atom is 0.235 e. The highest BCUT2D eigenvalue weighted by molar-refractivity contribution is 7.92. The van der Waals surface area contributed by atoms with Crippen LogP contribution >= 0.6 is 11.6 Å². The number of nitrogens with zero attached hydrogens (tertiary/aromatic N) is 2. The number of carbonyl (C=O) groups excluding carboxylic acids is 1. The van der Waals surface area contributed by atoms with Gasteiger partial charge in [-0.2, -0.15) is 0 Å². The van der Waals surface area contributed by atoms with Gasteiger partial charge in [-0.15, -0.1) is 0 Å². The summed E-state index contributed by atoms with van der Waals surface area (Å²) >= 11 is 6.00. The first-order valence-electron chi connectivity index (χ1n) is 9.82. The number of sulfonamides is 1. The molecule has 4 rings (SSSR count). The molecule has 1 aliphatic rings. The molecule has 1 fully saturated rings. The number of imidazole rings is 1. The summed E-state index contributed by atoms with van der Waals surface area (Å²) in [4.78, 5) is 20.4. The molecule has 2 heterocycles. The Morgan fingerprint density at radius 2 is 2.03 bits per heavy atom. The SMILES string of the molecule is Cc1cc(NC(=O)C(C)c2nc3cc(Cl)ccc3[nH]2)ccc1N1CCCCS1(=O)=O. The number of benzene rings is 2. The van der Waals surface area contributed by atoms with Crippen LogP contribution < -0.4 is 9.62 Å². The van der Waals surface area contributed by atoms with Crippen molar-refractivity contribution in [3.63, 3.8) is 0 Å². The fourth-order valence-electron chi connectivity index (χ4n) is 3.65. The van der Waals surface area contributed by atoms with Crippen LogP contribution in [0.4, 0.5) is 11.4 Å². The number of halogens is 1. The van der Waals surface area contributed by atoms with E-state index >= 15 is 0 Å². The molecule has 1 amide bonds. The molecular formula is C21H23ClN4O3S. The Balaban J connectivity index is 1.52. The normalized spacial score (nSPS) is 17.1. The van der Waals surface area contributed by atoms with E-state index in [1.807, 2.05) is 13.0 Å². The van der Waals surface area contributed by atoms with Crippen LogP contribution in [0.3, 0.4) is 0 Å². The Bertz CT molecular complexity index is 1220. The van der Waals surface area contributed by atoms with Gasteiger partial charge >= 0.3 is 0 Å². The van der Waals surface area contributed by atoms with Gasteiger partial charge in [-0.1, -0.05) is 11.6 Å². The molecule has 1 aliphatic heterocycles. The molecule has 1 aromatic heterocycles. The van der Waals surface area contributed by atoms with Gasteiger partial charge in [0.1, 0.15) is 5.82 Å². The Morgan fingerprint density at radius 1 is 1.23 bits per heavy atom. The third-order valence-electron chi connectivity index (χ3n) is 5.35. The largest absolute Gasteiger partial charge is 0.341 e. The predicted octanol–water partition coefficient (Wildman–Crippen LogP) is 4.20. The van der Waals surface area contributed by atoms with Crippen molar-refractivity contribution in [1.82, 2.24) is 9.97 Å². The quantitative estimate of drug-likeness (QED) is 0.627. The lowest BCUT2D eigenvalue weighted by molar-refractivity contribution is -0.117. The summed E-state index contributed by atoms with van der Waals surface area (Å²) < 4.78 is 26.2. The number of fused-ring (bicyclic) bond motifs is 1. The summed E-state index contributed by atoms with van der Waals surface area (Å²) in [6, 6.07) is 10.6. The molecule has 1 atom stereocenters. The molecular weight excluding hydrogens is 424 g/mol. The zero-order valence-electron chi connectivity index (χ0n) is 16.8. The van der Waals surface area contributed by atoms with Crippen LogP contribution in [0.1, 0.15) is 37.1 Å². The lowest BCUT2D eigenvalue weighted by Gasteiger charge is -2.29. The van der Waals surface area contributed by atoms with Crippen molar-refractivity contribution in [2.75, 3.05) is 21.9 Å². The number of hydrogen-bond acceptors (Lipinski definition) is 4. The van der Waals surface area contributed by atoms with E-state index in [0.717, 1.165) is 17.5 Å². The lowest BCUT2D eigenvalue weighted by Crippen LogP contribution is -2.38. The molecule has 3 aromatic rings. The lowest BCUT2D eigenvalue weighted by atomic mass is 10.1. The first-order valence-corrected chi connectivity index (χ1v) is 11.8. The molecule has 2 N–H and O–H groups in total. The van der Waals surface area contributed by atoms with Crippen molar-refractivity contribution in [2.45, 2.75) is 32.6 Å².